The summed E-state index contributed by atoms with van der Waals surface area (Å²) >= 11 is 1.21. The van der Waals surface area contributed by atoms with Crippen LogP contribution in [0.5, 0.6) is 0 Å². The fourth-order valence-corrected chi connectivity index (χ4v) is 3.43. The number of hydrogen-bond acceptors (Lipinski definition) is 6. The van der Waals surface area contributed by atoms with E-state index in [4.69, 9.17) is 0 Å². The number of carbonyl (C=O) groups is 2. The maximum atomic E-state index is 12.5. The molecular formula is C17H15N3O5S. The van der Waals surface area contributed by atoms with Gasteiger partial charge in [-0.1, -0.05) is 12.1 Å². The quantitative estimate of drug-likeness (QED) is 0.693. The molecule has 2 heterocycles. The van der Waals surface area contributed by atoms with Gasteiger partial charge in [-0.2, -0.15) is 0 Å². The van der Waals surface area contributed by atoms with Gasteiger partial charge in [0.15, 0.2) is 0 Å². The number of thiophene rings is 1. The van der Waals surface area contributed by atoms with Crippen LogP contribution in [-0.2, 0) is 23.1 Å². The third-order valence-corrected chi connectivity index (χ3v) is 4.75. The Morgan fingerprint density at radius 3 is 2.65 bits per heavy atom. The van der Waals surface area contributed by atoms with Crippen molar-refractivity contribution in [2.45, 2.75) is 6.54 Å². The summed E-state index contributed by atoms with van der Waals surface area (Å²) in [5.74, 6) is -1.09. The zero-order chi connectivity index (χ0) is 18.8. The van der Waals surface area contributed by atoms with Crippen LogP contribution in [0.4, 0.5) is 5.69 Å². The number of aromatic nitrogens is 2. The van der Waals surface area contributed by atoms with E-state index in [9.17, 15) is 19.2 Å². The van der Waals surface area contributed by atoms with Crippen LogP contribution in [0.2, 0.25) is 0 Å². The smallest absolute Gasteiger partial charge is 0.339 e. The first kappa shape index (κ1) is 17.6. The first-order valence-corrected chi connectivity index (χ1v) is 8.46. The van der Waals surface area contributed by atoms with Crippen molar-refractivity contribution in [1.82, 2.24) is 9.13 Å². The summed E-state index contributed by atoms with van der Waals surface area (Å²) in [6.45, 7) is -0.296. The Hall–Kier alpha value is -3.20. The molecule has 2 aromatic heterocycles. The number of methoxy groups -OCH3 is 1. The van der Waals surface area contributed by atoms with E-state index in [2.05, 4.69) is 10.1 Å². The SMILES string of the molecule is COC(=O)c1ccccc1NC(=O)Cn1c(=O)n(C)c(=O)c2sccc21. The Morgan fingerprint density at radius 1 is 1.19 bits per heavy atom. The number of carbonyl (C=O) groups excluding carboxylic acids is 2. The summed E-state index contributed by atoms with van der Waals surface area (Å²) in [6.07, 6.45) is 0. The Kier molecular flexibility index (Phi) is 4.72. The Bertz CT molecular complexity index is 1130. The molecule has 0 aliphatic carbocycles. The fraction of sp³-hybridized carbons (Fsp3) is 0.176. The summed E-state index contributed by atoms with van der Waals surface area (Å²) in [6, 6.07) is 8.02. The molecule has 0 atom stereocenters. The van der Waals surface area contributed by atoms with Crippen molar-refractivity contribution >= 4 is 39.1 Å². The van der Waals surface area contributed by atoms with Crippen molar-refractivity contribution in [2.75, 3.05) is 12.4 Å². The number of amides is 1. The highest BCUT2D eigenvalue weighted by Gasteiger charge is 2.17. The molecule has 134 valence electrons. The van der Waals surface area contributed by atoms with E-state index < -0.39 is 23.1 Å². The summed E-state index contributed by atoms with van der Waals surface area (Å²) in [5, 5.41) is 4.30. The normalized spacial score (nSPS) is 10.7. The van der Waals surface area contributed by atoms with E-state index in [0.717, 1.165) is 4.57 Å². The van der Waals surface area contributed by atoms with E-state index in [1.807, 2.05) is 0 Å². The molecule has 26 heavy (non-hydrogen) atoms. The number of esters is 1. The van der Waals surface area contributed by atoms with Crippen LogP contribution in [0, 0.1) is 0 Å². The lowest BCUT2D eigenvalue weighted by Gasteiger charge is -2.12. The Balaban J connectivity index is 1.95. The van der Waals surface area contributed by atoms with Gasteiger partial charge in [-0.3, -0.25) is 18.7 Å². The highest BCUT2D eigenvalue weighted by Crippen LogP contribution is 2.17. The van der Waals surface area contributed by atoms with E-state index in [1.165, 1.54) is 36.1 Å². The molecule has 0 aliphatic rings. The Morgan fingerprint density at radius 2 is 1.92 bits per heavy atom. The minimum Gasteiger partial charge on any atom is -0.465 e. The second kappa shape index (κ2) is 6.96. The van der Waals surface area contributed by atoms with E-state index >= 15 is 0 Å². The van der Waals surface area contributed by atoms with Gasteiger partial charge in [0.2, 0.25) is 5.91 Å². The molecule has 0 saturated carbocycles. The van der Waals surface area contributed by atoms with Crippen molar-refractivity contribution in [1.29, 1.82) is 0 Å². The molecule has 3 aromatic rings. The molecule has 1 amide bonds. The predicted molar refractivity (Wildman–Crippen MR) is 97.7 cm³/mol. The molecule has 8 nitrogen and oxygen atoms in total. The van der Waals surface area contributed by atoms with Crippen LogP contribution in [0.3, 0.4) is 0 Å². The molecule has 9 heteroatoms. The second-order valence-corrected chi connectivity index (χ2v) is 6.37. The first-order valence-electron chi connectivity index (χ1n) is 7.58. The minimum atomic E-state index is -0.586. The number of anilines is 1. The summed E-state index contributed by atoms with van der Waals surface area (Å²) in [4.78, 5) is 48.7. The van der Waals surface area contributed by atoms with Crippen molar-refractivity contribution in [3.63, 3.8) is 0 Å². The summed E-state index contributed by atoms with van der Waals surface area (Å²) < 4.78 is 7.28. The molecular weight excluding hydrogens is 358 g/mol. The van der Waals surface area contributed by atoms with Gasteiger partial charge < -0.3 is 10.1 Å². The maximum absolute atomic E-state index is 12.5. The number of fused-ring (bicyclic) bond motifs is 1. The lowest BCUT2D eigenvalue weighted by Crippen LogP contribution is -2.39. The molecule has 0 bridgehead atoms. The molecule has 1 aromatic carbocycles. The monoisotopic (exact) mass is 373 g/mol. The lowest BCUT2D eigenvalue weighted by atomic mass is 10.2. The largest absolute Gasteiger partial charge is 0.465 e. The maximum Gasteiger partial charge on any atom is 0.339 e. The van der Waals surface area contributed by atoms with Gasteiger partial charge in [-0.05, 0) is 23.6 Å². The minimum absolute atomic E-state index is 0.205. The summed E-state index contributed by atoms with van der Waals surface area (Å²) in [7, 11) is 2.61. The molecule has 1 N–H and O–H groups in total. The van der Waals surface area contributed by atoms with Crippen LogP contribution in [-0.4, -0.2) is 28.1 Å². The van der Waals surface area contributed by atoms with E-state index in [0.29, 0.717) is 10.2 Å². The number of para-hydroxylation sites is 1. The average molecular weight is 373 g/mol. The molecule has 0 radical (unpaired) electrons. The topological polar surface area (TPSA) is 99.4 Å². The van der Waals surface area contributed by atoms with Crippen molar-refractivity contribution in [3.05, 3.63) is 62.1 Å². The standard InChI is InChI=1S/C17H15N3O5S/c1-19-15(22)14-12(7-8-26-14)20(17(19)24)9-13(21)18-11-6-4-3-5-10(11)16(23)25-2/h3-8H,9H2,1-2H3,(H,18,21). The fourth-order valence-electron chi connectivity index (χ4n) is 2.56. The van der Waals surface area contributed by atoms with Gasteiger partial charge in [-0.25, -0.2) is 9.59 Å². The van der Waals surface area contributed by atoms with Crippen molar-refractivity contribution in [3.8, 4) is 0 Å². The highest BCUT2D eigenvalue weighted by atomic mass is 32.1. The molecule has 0 unspecified atom stereocenters. The molecule has 3 rings (SSSR count). The third kappa shape index (κ3) is 3.04. The number of nitrogens with one attached hydrogen (secondary N) is 1. The van der Waals surface area contributed by atoms with Gasteiger partial charge in [0.1, 0.15) is 11.2 Å². The third-order valence-electron chi connectivity index (χ3n) is 3.86. The highest BCUT2D eigenvalue weighted by molar-refractivity contribution is 7.17. The van der Waals surface area contributed by atoms with Crippen molar-refractivity contribution < 1.29 is 14.3 Å². The van der Waals surface area contributed by atoms with Gasteiger partial charge in [0, 0.05) is 7.05 Å². The first-order chi connectivity index (χ1) is 12.4. The number of rotatable bonds is 4. The lowest BCUT2D eigenvalue weighted by molar-refractivity contribution is -0.116. The van der Waals surface area contributed by atoms with E-state index in [-0.39, 0.29) is 17.8 Å². The average Bonchev–Trinajstić information content (AvgIpc) is 3.13. The van der Waals surface area contributed by atoms with Gasteiger partial charge in [-0.15, -0.1) is 11.3 Å². The number of hydrogen-bond donors (Lipinski definition) is 1. The van der Waals surface area contributed by atoms with Crippen LogP contribution in [0.25, 0.3) is 10.2 Å². The number of benzene rings is 1. The van der Waals surface area contributed by atoms with Crippen LogP contribution < -0.4 is 16.6 Å². The zero-order valence-electron chi connectivity index (χ0n) is 14.0. The predicted octanol–water partition coefficient (Wildman–Crippen LogP) is 1.19. The molecule has 0 spiro atoms. The van der Waals surface area contributed by atoms with Crippen LogP contribution >= 0.6 is 11.3 Å². The molecule has 0 saturated heterocycles. The second-order valence-electron chi connectivity index (χ2n) is 5.45. The molecule has 0 aliphatic heterocycles. The Labute approximate surface area is 151 Å². The summed E-state index contributed by atoms with van der Waals surface area (Å²) in [5.41, 5.74) is -0.0925. The van der Waals surface area contributed by atoms with E-state index in [1.54, 1.807) is 29.6 Å². The molecule has 0 fully saturated rings. The number of ether oxygens (including phenoxy) is 1. The zero-order valence-corrected chi connectivity index (χ0v) is 14.8. The van der Waals surface area contributed by atoms with Gasteiger partial charge >= 0.3 is 11.7 Å². The van der Waals surface area contributed by atoms with Gasteiger partial charge in [0.05, 0.1) is 23.9 Å². The number of nitrogens with zero attached hydrogens (tertiary/aromatic N) is 2. The van der Waals surface area contributed by atoms with Crippen LogP contribution in [0.15, 0.2) is 45.3 Å². The van der Waals surface area contributed by atoms with Crippen molar-refractivity contribution in [2.24, 2.45) is 7.05 Å². The van der Waals surface area contributed by atoms with Gasteiger partial charge in [0.25, 0.3) is 5.56 Å². The van der Waals surface area contributed by atoms with Crippen LogP contribution in [0.1, 0.15) is 10.4 Å².